The third kappa shape index (κ3) is 4.78. The molecule has 1 fully saturated rings. The number of nitrogens with zero attached hydrogens (tertiary/aromatic N) is 1. The van der Waals surface area contributed by atoms with Crippen molar-refractivity contribution in [2.24, 2.45) is 0 Å². The van der Waals surface area contributed by atoms with Gasteiger partial charge in [-0.3, -0.25) is 9.59 Å². The second-order valence-electron chi connectivity index (χ2n) is 5.24. The Kier molecular flexibility index (Phi) is 7.05. The second-order valence-corrected chi connectivity index (χ2v) is 7.14. The predicted octanol–water partition coefficient (Wildman–Crippen LogP) is 3.32. The van der Waals surface area contributed by atoms with E-state index in [1.807, 2.05) is 35.6 Å². The zero-order chi connectivity index (χ0) is 16.7. The Hall–Kier alpha value is -1.40. The van der Waals surface area contributed by atoms with E-state index in [2.05, 4.69) is 5.32 Å². The van der Waals surface area contributed by atoms with Crippen molar-refractivity contribution in [1.29, 1.82) is 0 Å². The fourth-order valence-corrected chi connectivity index (χ4v) is 3.86. The molecule has 0 saturated carbocycles. The number of benzene rings is 1. The number of hydrogen-bond donors (Lipinski definition) is 1. The van der Waals surface area contributed by atoms with Gasteiger partial charge in [0.05, 0.1) is 4.24 Å². The number of thioether (sulfide) groups is 2. The van der Waals surface area contributed by atoms with Crippen molar-refractivity contribution in [1.82, 2.24) is 10.2 Å². The molecule has 2 rings (SSSR count). The molecule has 0 radical (unpaired) electrons. The van der Waals surface area contributed by atoms with Crippen LogP contribution in [-0.4, -0.2) is 42.3 Å². The third-order valence-electron chi connectivity index (χ3n) is 3.71. The molecule has 0 aromatic heterocycles. The van der Waals surface area contributed by atoms with Gasteiger partial charge in [-0.2, -0.15) is 0 Å². The van der Waals surface area contributed by atoms with Gasteiger partial charge in [0, 0.05) is 18.7 Å². The average molecular weight is 351 g/mol. The van der Waals surface area contributed by atoms with E-state index in [1.54, 1.807) is 12.1 Å². The fraction of sp³-hybridized carbons (Fsp3) is 0.412. The molecule has 0 atom stereocenters. The summed E-state index contributed by atoms with van der Waals surface area (Å²) in [5, 5.41) is 2.84. The highest BCUT2D eigenvalue weighted by Crippen LogP contribution is 2.28. The van der Waals surface area contributed by atoms with E-state index in [4.69, 9.17) is 0 Å². The highest BCUT2D eigenvalue weighted by molar-refractivity contribution is 8.21. The Morgan fingerprint density at radius 1 is 1.00 bits per heavy atom. The standard InChI is InChI=1S/C17H22N2O2S2/c1-22-17(23-2)14(16(21)19-11-7-4-8-12-19)18-15(20)13-9-5-3-6-10-13/h3,5-6,9-10H,4,7-8,11-12H2,1-2H3,(H,18,20). The van der Waals surface area contributed by atoms with E-state index in [1.165, 1.54) is 23.5 Å². The maximum absolute atomic E-state index is 12.9. The number of nitrogens with one attached hydrogen (secondary N) is 1. The van der Waals surface area contributed by atoms with Crippen molar-refractivity contribution in [3.05, 3.63) is 45.8 Å². The molecule has 0 spiro atoms. The van der Waals surface area contributed by atoms with E-state index < -0.39 is 0 Å². The number of carbonyl (C=O) groups excluding carboxylic acids is 2. The van der Waals surface area contributed by atoms with E-state index in [0.29, 0.717) is 11.3 Å². The van der Waals surface area contributed by atoms with E-state index in [9.17, 15) is 9.59 Å². The van der Waals surface area contributed by atoms with Gasteiger partial charge in [-0.15, -0.1) is 23.5 Å². The van der Waals surface area contributed by atoms with Crippen LogP contribution < -0.4 is 5.32 Å². The van der Waals surface area contributed by atoms with Crippen molar-refractivity contribution < 1.29 is 9.59 Å². The van der Waals surface area contributed by atoms with Crippen LogP contribution in [0.25, 0.3) is 0 Å². The second kappa shape index (κ2) is 9.03. The van der Waals surface area contributed by atoms with Crippen LogP contribution in [0.1, 0.15) is 29.6 Å². The van der Waals surface area contributed by atoms with Crippen LogP contribution in [0.2, 0.25) is 0 Å². The Morgan fingerprint density at radius 2 is 1.61 bits per heavy atom. The van der Waals surface area contributed by atoms with E-state index in [0.717, 1.165) is 36.6 Å². The molecule has 1 aliphatic rings. The topological polar surface area (TPSA) is 49.4 Å². The zero-order valence-electron chi connectivity index (χ0n) is 13.5. The van der Waals surface area contributed by atoms with Crippen LogP contribution in [-0.2, 0) is 4.79 Å². The lowest BCUT2D eigenvalue weighted by molar-refractivity contribution is -0.128. The lowest BCUT2D eigenvalue weighted by Crippen LogP contribution is -2.41. The number of amides is 2. The molecular formula is C17H22N2O2S2. The summed E-state index contributed by atoms with van der Waals surface area (Å²) in [5.74, 6) is -0.320. The van der Waals surface area contributed by atoms with Gasteiger partial charge in [0.25, 0.3) is 11.8 Å². The third-order valence-corrected chi connectivity index (χ3v) is 5.86. The lowest BCUT2D eigenvalue weighted by atomic mass is 10.1. The van der Waals surface area contributed by atoms with Gasteiger partial charge in [0.15, 0.2) is 0 Å². The molecule has 1 aromatic rings. The smallest absolute Gasteiger partial charge is 0.272 e. The molecule has 2 amide bonds. The average Bonchev–Trinajstić information content (AvgIpc) is 2.62. The highest BCUT2D eigenvalue weighted by Gasteiger charge is 2.25. The van der Waals surface area contributed by atoms with E-state index in [-0.39, 0.29) is 11.8 Å². The summed E-state index contributed by atoms with van der Waals surface area (Å²) >= 11 is 2.98. The van der Waals surface area contributed by atoms with Gasteiger partial charge in [-0.1, -0.05) is 18.2 Å². The number of rotatable bonds is 5. The monoisotopic (exact) mass is 350 g/mol. The summed E-state index contributed by atoms with van der Waals surface area (Å²) in [6.07, 6.45) is 7.06. The predicted molar refractivity (Wildman–Crippen MR) is 98.4 cm³/mol. The minimum Gasteiger partial charge on any atom is -0.337 e. The largest absolute Gasteiger partial charge is 0.337 e. The highest BCUT2D eigenvalue weighted by atomic mass is 32.2. The van der Waals surface area contributed by atoms with Crippen molar-refractivity contribution in [2.75, 3.05) is 25.6 Å². The molecule has 0 aliphatic carbocycles. The van der Waals surface area contributed by atoms with Gasteiger partial charge >= 0.3 is 0 Å². The molecule has 124 valence electrons. The van der Waals surface area contributed by atoms with Crippen LogP contribution in [0.4, 0.5) is 0 Å². The molecule has 1 aromatic carbocycles. The molecule has 0 unspecified atom stereocenters. The lowest BCUT2D eigenvalue weighted by Gasteiger charge is -2.28. The van der Waals surface area contributed by atoms with Crippen molar-refractivity contribution in [3.63, 3.8) is 0 Å². The molecular weight excluding hydrogens is 328 g/mol. The molecule has 1 N–H and O–H groups in total. The quantitative estimate of drug-likeness (QED) is 0.828. The number of carbonyl (C=O) groups is 2. The molecule has 1 heterocycles. The Labute approximate surface area is 146 Å². The number of piperidine rings is 1. The molecule has 0 bridgehead atoms. The number of hydrogen-bond acceptors (Lipinski definition) is 4. The van der Waals surface area contributed by atoms with Crippen LogP contribution >= 0.6 is 23.5 Å². The Bertz CT molecular complexity index is 576. The minimum absolute atomic E-state index is 0.0762. The van der Waals surface area contributed by atoms with E-state index >= 15 is 0 Å². The first-order chi connectivity index (χ1) is 11.2. The first-order valence-electron chi connectivity index (χ1n) is 7.65. The van der Waals surface area contributed by atoms with Crippen LogP contribution in [0.15, 0.2) is 40.3 Å². The van der Waals surface area contributed by atoms with Gasteiger partial charge in [0.2, 0.25) is 0 Å². The van der Waals surface area contributed by atoms with Gasteiger partial charge in [-0.05, 0) is 43.9 Å². The first-order valence-corrected chi connectivity index (χ1v) is 10.1. The summed E-state index contributed by atoms with van der Waals surface area (Å²) in [4.78, 5) is 27.1. The minimum atomic E-state index is -0.244. The van der Waals surface area contributed by atoms with Crippen LogP contribution in [0.3, 0.4) is 0 Å². The molecule has 1 saturated heterocycles. The fourth-order valence-electron chi connectivity index (χ4n) is 2.51. The summed E-state index contributed by atoms with van der Waals surface area (Å²) < 4.78 is 0.838. The maximum atomic E-state index is 12.9. The molecule has 1 aliphatic heterocycles. The van der Waals surface area contributed by atoms with Gasteiger partial charge < -0.3 is 10.2 Å². The molecule has 23 heavy (non-hydrogen) atoms. The maximum Gasteiger partial charge on any atom is 0.272 e. The van der Waals surface area contributed by atoms with Crippen LogP contribution in [0.5, 0.6) is 0 Å². The Morgan fingerprint density at radius 3 is 2.17 bits per heavy atom. The van der Waals surface area contributed by atoms with Crippen molar-refractivity contribution >= 4 is 35.3 Å². The normalized spacial score (nSPS) is 14.3. The van der Waals surface area contributed by atoms with Gasteiger partial charge in [0.1, 0.15) is 5.70 Å². The Balaban J connectivity index is 2.22. The summed E-state index contributed by atoms with van der Waals surface area (Å²) in [7, 11) is 0. The van der Waals surface area contributed by atoms with Gasteiger partial charge in [-0.25, -0.2) is 0 Å². The molecule has 6 heteroatoms. The van der Waals surface area contributed by atoms with Crippen LogP contribution in [0, 0.1) is 0 Å². The summed E-state index contributed by atoms with van der Waals surface area (Å²) in [5.41, 5.74) is 0.957. The first kappa shape index (κ1) is 17.9. The van der Waals surface area contributed by atoms with Crippen molar-refractivity contribution in [3.8, 4) is 0 Å². The number of likely N-dealkylation sites (tertiary alicyclic amines) is 1. The summed E-state index contributed by atoms with van der Waals surface area (Å²) in [6.45, 7) is 1.53. The SMILES string of the molecule is CSC(SC)=C(NC(=O)c1ccccc1)C(=O)N1CCCCC1. The van der Waals surface area contributed by atoms with Crippen molar-refractivity contribution in [2.45, 2.75) is 19.3 Å². The zero-order valence-corrected chi connectivity index (χ0v) is 15.1. The molecule has 4 nitrogen and oxygen atoms in total. The summed E-state index contributed by atoms with van der Waals surface area (Å²) in [6, 6.07) is 8.98.